The lowest BCUT2D eigenvalue weighted by molar-refractivity contribution is 0.236. The van der Waals surface area contributed by atoms with Crippen LogP contribution in [-0.2, 0) is 16.6 Å². The van der Waals surface area contributed by atoms with Crippen LogP contribution in [0.3, 0.4) is 0 Å². The number of sulfonamides is 1. The maximum absolute atomic E-state index is 11.8. The van der Waals surface area contributed by atoms with Crippen molar-refractivity contribution in [2.45, 2.75) is 30.6 Å². The van der Waals surface area contributed by atoms with Gasteiger partial charge in [-0.3, -0.25) is 0 Å². The summed E-state index contributed by atoms with van der Waals surface area (Å²) in [5.74, 6) is 0.241. The zero-order valence-electron chi connectivity index (χ0n) is 8.59. The van der Waals surface area contributed by atoms with E-state index in [-0.39, 0.29) is 23.5 Å². The van der Waals surface area contributed by atoms with E-state index in [1.54, 1.807) is 0 Å². The van der Waals surface area contributed by atoms with E-state index in [0.717, 1.165) is 0 Å². The molecule has 0 fully saturated rings. The van der Waals surface area contributed by atoms with E-state index in [1.165, 1.54) is 12.1 Å². The first-order chi connectivity index (χ1) is 7.62. The molecule has 0 aromatic carbocycles. The summed E-state index contributed by atoms with van der Waals surface area (Å²) in [7, 11) is -3.60. The minimum absolute atomic E-state index is 0.0901. The van der Waals surface area contributed by atoms with Crippen LogP contribution < -0.4 is 4.72 Å². The van der Waals surface area contributed by atoms with Crippen LogP contribution in [0.5, 0.6) is 0 Å². The quantitative estimate of drug-likeness (QED) is 0.765. The number of rotatable bonds is 4. The Morgan fingerprint density at radius 2 is 2.06 bits per heavy atom. The molecule has 0 spiro atoms. The standard InChI is InChI=1S/C10H13NO4S/c12-7-9-5-6-10(15-9)16(13,14)11-8-3-1-2-4-8/h1-2,5-6,8,11-12H,3-4,7H2. The average molecular weight is 243 g/mol. The number of hydrogen-bond donors (Lipinski definition) is 2. The monoisotopic (exact) mass is 243 g/mol. The molecular formula is C10H13NO4S. The van der Waals surface area contributed by atoms with E-state index in [2.05, 4.69) is 4.72 Å². The summed E-state index contributed by atoms with van der Waals surface area (Å²) < 4.78 is 31.1. The smallest absolute Gasteiger partial charge is 0.274 e. The Morgan fingerprint density at radius 1 is 1.38 bits per heavy atom. The molecule has 1 aromatic heterocycles. The van der Waals surface area contributed by atoms with Crippen LogP contribution in [0.1, 0.15) is 18.6 Å². The fourth-order valence-electron chi connectivity index (χ4n) is 1.58. The molecule has 0 atom stereocenters. The maximum atomic E-state index is 11.8. The van der Waals surface area contributed by atoms with Crippen molar-refractivity contribution in [1.82, 2.24) is 4.72 Å². The van der Waals surface area contributed by atoms with Crippen molar-refractivity contribution in [3.05, 3.63) is 30.0 Å². The lowest BCUT2D eigenvalue weighted by Gasteiger charge is -2.10. The van der Waals surface area contributed by atoms with Gasteiger partial charge >= 0.3 is 0 Å². The van der Waals surface area contributed by atoms with Crippen molar-refractivity contribution in [1.29, 1.82) is 0 Å². The second-order valence-corrected chi connectivity index (χ2v) is 5.28. The third kappa shape index (κ3) is 2.34. The Bertz CT molecular complexity index is 481. The summed E-state index contributed by atoms with van der Waals surface area (Å²) in [4.78, 5) is 0. The van der Waals surface area contributed by atoms with E-state index < -0.39 is 10.0 Å². The summed E-state index contributed by atoms with van der Waals surface area (Å²) in [5, 5.41) is 8.63. The van der Waals surface area contributed by atoms with E-state index in [4.69, 9.17) is 9.52 Å². The highest BCUT2D eigenvalue weighted by atomic mass is 32.2. The molecular weight excluding hydrogens is 230 g/mol. The van der Waals surface area contributed by atoms with Crippen LogP contribution in [0.2, 0.25) is 0 Å². The summed E-state index contributed by atoms with van der Waals surface area (Å²) in [6.45, 7) is -0.305. The molecule has 0 bridgehead atoms. The molecule has 5 nitrogen and oxygen atoms in total. The Morgan fingerprint density at radius 3 is 2.62 bits per heavy atom. The van der Waals surface area contributed by atoms with E-state index in [9.17, 15) is 8.42 Å². The van der Waals surface area contributed by atoms with Gasteiger partial charge in [0.2, 0.25) is 5.09 Å². The fourth-order valence-corrected chi connectivity index (χ4v) is 2.79. The van der Waals surface area contributed by atoms with Gasteiger partial charge in [-0.15, -0.1) is 0 Å². The number of aliphatic hydroxyl groups is 1. The highest BCUT2D eigenvalue weighted by Gasteiger charge is 2.23. The fraction of sp³-hybridized carbons (Fsp3) is 0.400. The zero-order chi connectivity index (χ0) is 11.6. The highest BCUT2D eigenvalue weighted by Crippen LogP contribution is 2.17. The van der Waals surface area contributed by atoms with Crippen molar-refractivity contribution in [3.63, 3.8) is 0 Å². The predicted octanol–water partition coefficient (Wildman–Crippen LogP) is 0.769. The van der Waals surface area contributed by atoms with E-state index in [0.29, 0.717) is 12.8 Å². The zero-order valence-corrected chi connectivity index (χ0v) is 9.40. The number of aliphatic hydroxyl groups excluding tert-OH is 1. The van der Waals surface area contributed by atoms with Crippen molar-refractivity contribution >= 4 is 10.0 Å². The molecule has 0 saturated carbocycles. The van der Waals surface area contributed by atoms with Crippen molar-refractivity contribution in [3.8, 4) is 0 Å². The maximum Gasteiger partial charge on any atom is 0.274 e. The van der Waals surface area contributed by atoms with Crippen LogP contribution in [-0.4, -0.2) is 19.6 Å². The molecule has 1 aliphatic carbocycles. The Kier molecular flexibility index (Phi) is 3.13. The van der Waals surface area contributed by atoms with Gasteiger partial charge in [0.25, 0.3) is 10.0 Å². The minimum atomic E-state index is -3.60. The Balaban J connectivity index is 2.11. The van der Waals surface area contributed by atoms with Gasteiger partial charge in [-0.1, -0.05) is 12.2 Å². The van der Waals surface area contributed by atoms with Gasteiger partial charge in [-0.05, 0) is 25.0 Å². The Hall–Kier alpha value is -1.11. The number of furan rings is 1. The molecule has 0 amide bonds. The first-order valence-corrected chi connectivity index (χ1v) is 6.47. The molecule has 0 unspecified atom stereocenters. The summed E-state index contributed by atoms with van der Waals surface area (Å²) in [6.07, 6.45) is 5.28. The summed E-state index contributed by atoms with van der Waals surface area (Å²) >= 11 is 0. The van der Waals surface area contributed by atoms with Crippen LogP contribution >= 0.6 is 0 Å². The number of hydrogen-bond acceptors (Lipinski definition) is 4. The molecule has 0 aliphatic heterocycles. The molecule has 88 valence electrons. The third-order valence-electron chi connectivity index (χ3n) is 2.39. The SMILES string of the molecule is O=S(=O)(NC1CC=CC1)c1ccc(CO)o1. The minimum Gasteiger partial charge on any atom is -0.446 e. The second kappa shape index (κ2) is 4.40. The molecule has 0 saturated heterocycles. The first-order valence-electron chi connectivity index (χ1n) is 4.99. The van der Waals surface area contributed by atoms with Crippen LogP contribution in [0.25, 0.3) is 0 Å². The van der Waals surface area contributed by atoms with Gasteiger partial charge in [0.1, 0.15) is 12.4 Å². The van der Waals surface area contributed by atoms with E-state index in [1.807, 2.05) is 12.2 Å². The summed E-state index contributed by atoms with van der Waals surface area (Å²) in [6, 6.07) is 2.70. The van der Waals surface area contributed by atoms with Crippen LogP contribution in [0.4, 0.5) is 0 Å². The lowest BCUT2D eigenvalue weighted by atomic mass is 10.3. The van der Waals surface area contributed by atoms with Gasteiger partial charge in [0.15, 0.2) is 0 Å². The van der Waals surface area contributed by atoms with Gasteiger partial charge in [-0.2, -0.15) is 0 Å². The largest absolute Gasteiger partial charge is 0.446 e. The lowest BCUT2D eigenvalue weighted by Crippen LogP contribution is -2.32. The molecule has 16 heavy (non-hydrogen) atoms. The van der Waals surface area contributed by atoms with Crippen molar-refractivity contribution < 1.29 is 17.9 Å². The molecule has 2 rings (SSSR count). The molecule has 6 heteroatoms. The third-order valence-corrected chi connectivity index (χ3v) is 3.78. The normalized spacial score (nSPS) is 17.1. The molecule has 0 radical (unpaired) electrons. The van der Waals surface area contributed by atoms with Crippen LogP contribution in [0, 0.1) is 0 Å². The molecule has 1 aliphatic rings. The van der Waals surface area contributed by atoms with Crippen LogP contribution in [0.15, 0.2) is 33.8 Å². The van der Waals surface area contributed by atoms with Gasteiger partial charge in [0, 0.05) is 6.04 Å². The summed E-state index contributed by atoms with van der Waals surface area (Å²) in [5.41, 5.74) is 0. The van der Waals surface area contributed by atoms with Gasteiger partial charge in [-0.25, -0.2) is 13.1 Å². The molecule has 1 heterocycles. The second-order valence-electron chi connectivity index (χ2n) is 3.64. The Labute approximate surface area is 93.8 Å². The van der Waals surface area contributed by atoms with Crippen molar-refractivity contribution in [2.24, 2.45) is 0 Å². The predicted molar refractivity (Wildman–Crippen MR) is 57.1 cm³/mol. The average Bonchev–Trinajstić information content (AvgIpc) is 2.85. The topological polar surface area (TPSA) is 79.5 Å². The van der Waals surface area contributed by atoms with E-state index >= 15 is 0 Å². The van der Waals surface area contributed by atoms with Gasteiger partial charge < -0.3 is 9.52 Å². The number of nitrogens with one attached hydrogen (secondary N) is 1. The molecule has 2 N–H and O–H groups in total. The highest BCUT2D eigenvalue weighted by molar-refractivity contribution is 7.89. The van der Waals surface area contributed by atoms with Gasteiger partial charge in [0.05, 0.1) is 0 Å². The molecule has 1 aromatic rings. The first kappa shape index (κ1) is 11.4. The van der Waals surface area contributed by atoms with Crippen molar-refractivity contribution in [2.75, 3.05) is 0 Å².